The summed E-state index contributed by atoms with van der Waals surface area (Å²) < 4.78 is 20.4. The van der Waals surface area contributed by atoms with Crippen molar-refractivity contribution in [2.75, 3.05) is 31.1 Å². The zero-order chi connectivity index (χ0) is 17.0. The van der Waals surface area contributed by atoms with E-state index in [4.69, 9.17) is 16.3 Å². The predicted octanol–water partition coefficient (Wildman–Crippen LogP) is 2.75. The van der Waals surface area contributed by atoms with E-state index in [1.165, 1.54) is 11.2 Å². The van der Waals surface area contributed by atoms with Crippen LogP contribution >= 0.6 is 27.5 Å². The van der Waals surface area contributed by atoms with Gasteiger partial charge in [-0.2, -0.15) is 0 Å². The van der Waals surface area contributed by atoms with Crippen molar-refractivity contribution < 1.29 is 19.0 Å². The summed E-state index contributed by atoms with van der Waals surface area (Å²) in [4.78, 5) is 22.9. The quantitative estimate of drug-likeness (QED) is 0.664. The number of aromatic nitrogens is 2. The summed E-state index contributed by atoms with van der Waals surface area (Å²) in [5.41, 5.74) is 0.395. The summed E-state index contributed by atoms with van der Waals surface area (Å²) in [6.07, 6.45) is 0.380. The number of amides is 1. The van der Waals surface area contributed by atoms with Crippen LogP contribution in [0.1, 0.15) is 0 Å². The molecule has 2 aromatic rings. The van der Waals surface area contributed by atoms with Crippen LogP contribution in [0.25, 0.3) is 10.9 Å². The second-order valence-corrected chi connectivity index (χ2v) is 6.75. The second kappa shape index (κ2) is 5.59. The molecule has 2 aliphatic heterocycles. The number of carboxylic acid groups (broad SMARTS) is 1. The molecule has 3 heterocycles. The summed E-state index contributed by atoms with van der Waals surface area (Å²) in [7, 11) is 0. The molecule has 1 N–H and O–H groups in total. The lowest BCUT2D eigenvalue weighted by molar-refractivity contribution is 0.127. The van der Waals surface area contributed by atoms with Crippen molar-refractivity contribution in [1.29, 1.82) is 0 Å². The van der Waals surface area contributed by atoms with Crippen LogP contribution < -0.4 is 9.64 Å². The third-order valence-corrected chi connectivity index (χ3v) is 5.63. The van der Waals surface area contributed by atoms with Crippen molar-refractivity contribution in [2.45, 2.75) is 6.04 Å². The maximum absolute atomic E-state index is 14.6. The van der Waals surface area contributed by atoms with Gasteiger partial charge in [-0.25, -0.2) is 19.2 Å². The average Bonchev–Trinajstić information content (AvgIpc) is 2.75. The summed E-state index contributed by atoms with van der Waals surface area (Å²) in [5.74, 6) is -0.0672. The van der Waals surface area contributed by atoms with Crippen LogP contribution in [0.3, 0.4) is 0 Å². The lowest BCUT2D eigenvalue weighted by atomic mass is 10.1. The first-order valence-electron chi connectivity index (χ1n) is 7.17. The van der Waals surface area contributed by atoms with Crippen LogP contribution in [0.4, 0.5) is 15.0 Å². The summed E-state index contributed by atoms with van der Waals surface area (Å²) in [5, 5.41) is 9.76. The molecule has 7 nitrogen and oxygen atoms in total. The normalized spacial score (nSPS) is 19.7. The molecule has 1 saturated heterocycles. The molecule has 1 aromatic heterocycles. The molecule has 1 aromatic carbocycles. The van der Waals surface area contributed by atoms with Gasteiger partial charge in [-0.15, -0.1) is 0 Å². The van der Waals surface area contributed by atoms with Gasteiger partial charge in [0.25, 0.3) is 0 Å². The third kappa shape index (κ3) is 2.18. The molecule has 4 rings (SSSR count). The Morgan fingerprint density at radius 3 is 3.00 bits per heavy atom. The summed E-state index contributed by atoms with van der Waals surface area (Å²) in [6.45, 7) is 1.16. The number of carbonyl (C=O) groups is 1. The van der Waals surface area contributed by atoms with Gasteiger partial charge in [-0.1, -0.05) is 11.6 Å². The Morgan fingerprint density at radius 2 is 2.25 bits per heavy atom. The molecule has 0 aliphatic carbocycles. The van der Waals surface area contributed by atoms with Crippen LogP contribution in [0.2, 0.25) is 5.02 Å². The highest BCUT2D eigenvalue weighted by molar-refractivity contribution is 9.10. The molecule has 126 valence electrons. The third-order valence-electron chi connectivity index (χ3n) is 4.29. The van der Waals surface area contributed by atoms with E-state index in [9.17, 15) is 14.3 Å². The van der Waals surface area contributed by atoms with E-state index in [2.05, 4.69) is 25.9 Å². The Bertz CT molecular complexity index is 868. The largest absolute Gasteiger partial charge is 0.487 e. The lowest BCUT2D eigenvalue weighted by Gasteiger charge is -2.39. The molecule has 0 saturated carbocycles. The smallest absolute Gasteiger partial charge is 0.407 e. The minimum atomic E-state index is -0.985. The number of benzene rings is 1. The predicted molar refractivity (Wildman–Crippen MR) is 88.4 cm³/mol. The number of anilines is 1. The fourth-order valence-corrected chi connectivity index (χ4v) is 3.74. The molecule has 0 radical (unpaired) electrons. The van der Waals surface area contributed by atoms with Crippen molar-refractivity contribution in [3.8, 4) is 5.75 Å². The van der Waals surface area contributed by atoms with Gasteiger partial charge in [-0.3, -0.25) is 0 Å². The lowest BCUT2D eigenvalue weighted by Crippen LogP contribution is -2.56. The Morgan fingerprint density at radius 1 is 1.46 bits per heavy atom. The highest BCUT2D eigenvalue weighted by Crippen LogP contribution is 2.45. The van der Waals surface area contributed by atoms with E-state index in [1.54, 1.807) is 0 Å². The van der Waals surface area contributed by atoms with E-state index in [0.717, 1.165) is 0 Å². The van der Waals surface area contributed by atoms with Crippen molar-refractivity contribution in [2.24, 2.45) is 0 Å². The van der Waals surface area contributed by atoms with Gasteiger partial charge >= 0.3 is 6.09 Å². The van der Waals surface area contributed by atoms with E-state index < -0.39 is 11.9 Å². The number of piperazine rings is 1. The Balaban J connectivity index is 1.90. The first-order chi connectivity index (χ1) is 11.5. The topological polar surface area (TPSA) is 78.8 Å². The number of halogens is 3. The molecule has 0 unspecified atom stereocenters. The molecule has 0 spiro atoms. The van der Waals surface area contributed by atoms with Gasteiger partial charge in [0.05, 0.1) is 26.4 Å². The number of rotatable bonds is 0. The highest BCUT2D eigenvalue weighted by Gasteiger charge is 2.36. The van der Waals surface area contributed by atoms with Crippen LogP contribution in [-0.2, 0) is 0 Å². The van der Waals surface area contributed by atoms with Crippen molar-refractivity contribution in [1.82, 2.24) is 14.9 Å². The highest BCUT2D eigenvalue weighted by atomic mass is 79.9. The first-order valence-corrected chi connectivity index (χ1v) is 8.34. The number of ether oxygens (including phenoxy) is 1. The molecule has 0 bridgehead atoms. The van der Waals surface area contributed by atoms with Crippen molar-refractivity contribution in [3.05, 3.63) is 21.6 Å². The van der Waals surface area contributed by atoms with Gasteiger partial charge in [0, 0.05) is 19.6 Å². The standard InChI is InChI=1S/C14H11BrClFN4O3/c15-8-9(16)11-7-12(10(8)17)24-4-6-3-20(14(22)23)1-2-21(6)13(7)19-5-18-11/h5-6H,1-4H2,(H,22,23)/t6-/m0/s1. The van der Waals surface area contributed by atoms with Crippen LogP contribution in [0.15, 0.2) is 10.8 Å². The zero-order valence-corrected chi connectivity index (χ0v) is 14.5. The minimum Gasteiger partial charge on any atom is -0.487 e. The fourth-order valence-electron chi connectivity index (χ4n) is 3.14. The van der Waals surface area contributed by atoms with Crippen LogP contribution in [0.5, 0.6) is 5.75 Å². The van der Waals surface area contributed by atoms with Gasteiger partial charge in [-0.05, 0) is 15.9 Å². The van der Waals surface area contributed by atoms with Crippen LogP contribution in [0, 0.1) is 5.82 Å². The van der Waals surface area contributed by atoms with Gasteiger partial charge in [0.15, 0.2) is 11.6 Å². The number of fused-ring (bicyclic) bond motifs is 2. The SMILES string of the molecule is O=C(O)N1CCN2c3ncnc4c(Cl)c(Br)c(F)c(c34)OC[C@@H]2C1. The number of hydrogen-bond donors (Lipinski definition) is 1. The molecule has 10 heteroatoms. The molecule has 1 amide bonds. The molecular weight excluding hydrogens is 407 g/mol. The van der Waals surface area contributed by atoms with Gasteiger partial charge in [0.1, 0.15) is 18.8 Å². The average molecular weight is 418 g/mol. The van der Waals surface area contributed by atoms with E-state index >= 15 is 0 Å². The maximum atomic E-state index is 14.6. The fraction of sp³-hybridized carbons (Fsp3) is 0.357. The monoisotopic (exact) mass is 416 g/mol. The Labute approximate surface area is 149 Å². The number of hydrogen-bond acceptors (Lipinski definition) is 5. The number of nitrogens with zero attached hydrogens (tertiary/aromatic N) is 4. The van der Waals surface area contributed by atoms with E-state index in [1.807, 2.05) is 4.90 Å². The molecule has 2 aliphatic rings. The molecule has 24 heavy (non-hydrogen) atoms. The molecule has 1 fully saturated rings. The van der Waals surface area contributed by atoms with Crippen molar-refractivity contribution >= 4 is 50.3 Å². The minimum absolute atomic E-state index is 0.0353. The van der Waals surface area contributed by atoms with Gasteiger partial charge in [0.2, 0.25) is 0 Å². The van der Waals surface area contributed by atoms with Gasteiger partial charge < -0.3 is 19.6 Å². The van der Waals surface area contributed by atoms with E-state index in [0.29, 0.717) is 29.8 Å². The maximum Gasteiger partial charge on any atom is 0.407 e. The first kappa shape index (κ1) is 15.6. The van der Waals surface area contributed by atoms with Crippen molar-refractivity contribution in [3.63, 3.8) is 0 Å². The second-order valence-electron chi connectivity index (χ2n) is 5.58. The summed E-state index contributed by atoms with van der Waals surface area (Å²) in [6, 6.07) is -0.266. The Kier molecular flexibility index (Phi) is 3.65. The molecule has 1 atom stereocenters. The van der Waals surface area contributed by atoms with E-state index in [-0.39, 0.29) is 34.4 Å². The molecular formula is C14H11BrClFN4O3. The zero-order valence-electron chi connectivity index (χ0n) is 12.2. The van der Waals surface area contributed by atoms with Crippen LogP contribution in [-0.4, -0.2) is 58.4 Å². The summed E-state index contributed by atoms with van der Waals surface area (Å²) >= 11 is 9.34. The Hall–Kier alpha value is -1.87.